The van der Waals surface area contributed by atoms with Gasteiger partial charge in [-0.05, 0) is 37.9 Å². The SMILES string of the molecule is COc1cc(Br)c(OC(=O)NS(=O)(=O)Cl)cc1Br. The zero-order valence-electron chi connectivity index (χ0n) is 8.74. The van der Waals surface area contributed by atoms with Crippen LogP contribution in [-0.2, 0) is 9.24 Å². The second-order valence-electron chi connectivity index (χ2n) is 2.85. The highest BCUT2D eigenvalue weighted by Gasteiger charge is 2.15. The van der Waals surface area contributed by atoms with E-state index < -0.39 is 15.3 Å². The van der Waals surface area contributed by atoms with Crippen LogP contribution in [-0.4, -0.2) is 21.6 Å². The quantitative estimate of drug-likeness (QED) is 0.756. The lowest BCUT2D eigenvalue weighted by Gasteiger charge is -2.09. The Labute approximate surface area is 124 Å². The fourth-order valence-electron chi connectivity index (χ4n) is 0.965. The molecule has 6 nitrogen and oxygen atoms in total. The molecule has 0 radical (unpaired) electrons. The molecule has 0 saturated carbocycles. The molecular weight excluding hydrogens is 417 g/mol. The fraction of sp³-hybridized carbons (Fsp3) is 0.125. The summed E-state index contributed by atoms with van der Waals surface area (Å²) < 4.78 is 33.4. The average molecular weight is 423 g/mol. The normalized spacial score (nSPS) is 10.9. The number of hydrogen-bond donors (Lipinski definition) is 1. The van der Waals surface area contributed by atoms with Crippen molar-refractivity contribution >= 4 is 57.9 Å². The van der Waals surface area contributed by atoms with E-state index in [1.54, 1.807) is 6.07 Å². The highest BCUT2D eigenvalue weighted by Crippen LogP contribution is 2.36. The zero-order chi connectivity index (χ0) is 13.9. The van der Waals surface area contributed by atoms with E-state index in [1.165, 1.54) is 17.9 Å². The van der Waals surface area contributed by atoms with Gasteiger partial charge in [0.2, 0.25) is 0 Å². The largest absolute Gasteiger partial charge is 0.496 e. The van der Waals surface area contributed by atoms with Crippen LogP contribution in [0.2, 0.25) is 0 Å². The minimum Gasteiger partial charge on any atom is -0.496 e. The third-order valence-electron chi connectivity index (χ3n) is 1.61. The maximum atomic E-state index is 11.2. The molecule has 1 aromatic rings. The Bertz CT molecular complexity index is 577. The molecule has 0 aliphatic carbocycles. The van der Waals surface area contributed by atoms with Gasteiger partial charge in [-0.25, -0.2) is 9.52 Å². The standard InChI is InChI=1S/C8H6Br2ClNO5S/c1-16-6-2-5(10)7(3-4(6)9)17-8(13)12-18(11,14)15/h2-3H,1H3,(H,12,13). The van der Waals surface area contributed by atoms with Crippen molar-refractivity contribution < 1.29 is 22.7 Å². The van der Waals surface area contributed by atoms with Gasteiger partial charge in [0.15, 0.2) is 0 Å². The Hall–Kier alpha value is -0.510. The van der Waals surface area contributed by atoms with Crippen molar-refractivity contribution in [1.29, 1.82) is 0 Å². The van der Waals surface area contributed by atoms with E-state index in [0.29, 0.717) is 14.7 Å². The first-order valence-electron chi connectivity index (χ1n) is 4.20. The van der Waals surface area contributed by atoms with E-state index in [2.05, 4.69) is 31.9 Å². The third-order valence-corrected chi connectivity index (χ3v) is 3.50. The molecule has 100 valence electrons. The molecule has 1 rings (SSSR count). The van der Waals surface area contributed by atoms with E-state index in [0.717, 1.165) is 0 Å². The fourth-order valence-corrected chi connectivity index (χ4v) is 2.28. The Morgan fingerprint density at radius 3 is 2.28 bits per heavy atom. The summed E-state index contributed by atoms with van der Waals surface area (Å²) in [7, 11) is 2.12. The van der Waals surface area contributed by atoms with Crippen LogP contribution in [0.1, 0.15) is 0 Å². The monoisotopic (exact) mass is 421 g/mol. The molecule has 1 amide bonds. The van der Waals surface area contributed by atoms with Crippen LogP contribution in [0.5, 0.6) is 11.5 Å². The molecule has 0 saturated heterocycles. The van der Waals surface area contributed by atoms with Gasteiger partial charge in [0.25, 0.3) is 0 Å². The van der Waals surface area contributed by atoms with Gasteiger partial charge in [0.1, 0.15) is 11.5 Å². The minimum atomic E-state index is -4.18. The predicted octanol–water partition coefficient (Wildman–Crippen LogP) is 2.79. The third kappa shape index (κ3) is 4.63. The van der Waals surface area contributed by atoms with Gasteiger partial charge < -0.3 is 9.47 Å². The molecule has 0 heterocycles. The Morgan fingerprint density at radius 2 is 1.78 bits per heavy atom. The van der Waals surface area contributed by atoms with Gasteiger partial charge in [-0.2, -0.15) is 8.42 Å². The van der Waals surface area contributed by atoms with Crippen molar-refractivity contribution in [2.75, 3.05) is 7.11 Å². The molecule has 0 aromatic heterocycles. The summed E-state index contributed by atoms with van der Waals surface area (Å²) in [6, 6.07) is 2.98. The number of rotatable bonds is 3. The topological polar surface area (TPSA) is 81.7 Å². The van der Waals surface area contributed by atoms with E-state index in [-0.39, 0.29) is 5.75 Å². The summed E-state index contributed by atoms with van der Waals surface area (Å²) in [6.07, 6.45) is -1.22. The first-order valence-corrected chi connectivity index (χ1v) is 8.09. The van der Waals surface area contributed by atoms with Crippen LogP contribution in [0, 0.1) is 0 Å². The number of nitrogens with one attached hydrogen (secondary N) is 1. The number of methoxy groups -OCH3 is 1. The molecule has 0 spiro atoms. The van der Waals surface area contributed by atoms with Crippen molar-refractivity contribution in [1.82, 2.24) is 4.72 Å². The lowest BCUT2D eigenvalue weighted by Crippen LogP contribution is -2.29. The van der Waals surface area contributed by atoms with Crippen LogP contribution < -0.4 is 14.2 Å². The number of carbonyl (C=O) groups excluding carboxylic acids is 1. The second-order valence-corrected chi connectivity index (χ2v) is 6.85. The van der Waals surface area contributed by atoms with Gasteiger partial charge in [0, 0.05) is 16.7 Å². The number of ether oxygens (including phenoxy) is 2. The average Bonchev–Trinajstić information content (AvgIpc) is 2.20. The smallest absolute Gasteiger partial charge is 0.427 e. The first-order chi connectivity index (χ1) is 8.23. The summed E-state index contributed by atoms with van der Waals surface area (Å²) in [6.45, 7) is 0. The number of benzene rings is 1. The van der Waals surface area contributed by atoms with Gasteiger partial charge >= 0.3 is 15.3 Å². The van der Waals surface area contributed by atoms with Crippen molar-refractivity contribution in [3.05, 3.63) is 21.1 Å². The second kappa shape index (κ2) is 6.09. The maximum Gasteiger partial charge on any atom is 0.427 e. The zero-order valence-corrected chi connectivity index (χ0v) is 13.5. The molecule has 10 heteroatoms. The van der Waals surface area contributed by atoms with Crippen LogP contribution in [0.4, 0.5) is 4.79 Å². The Morgan fingerprint density at radius 1 is 1.28 bits per heavy atom. The van der Waals surface area contributed by atoms with Crippen molar-refractivity contribution in [3.63, 3.8) is 0 Å². The summed E-state index contributed by atoms with van der Waals surface area (Å²) >= 11 is 6.33. The Balaban J connectivity index is 2.92. The number of hydrogen-bond acceptors (Lipinski definition) is 5. The Kier molecular flexibility index (Phi) is 5.26. The summed E-state index contributed by atoms with van der Waals surface area (Å²) in [5.41, 5.74) is 0. The van der Waals surface area contributed by atoms with Crippen LogP contribution >= 0.6 is 42.5 Å². The van der Waals surface area contributed by atoms with Crippen molar-refractivity contribution in [3.8, 4) is 11.5 Å². The van der Waals surface area contributed by atoms with Gasteiger partial charge in [0.05, 0.1) is 16.1 Å². The number of carbonyl (C=O) groups is 1. The molecule has 0 aliphatic heterocycles. The van der Waals surface area contributed by atoms with Crippen LogP contribution in [0.15, 0.2) is 21.1 Å². The van der Waals surface area contributed by atoms with Crippen molar-refractivity contribution in [2.45, 2.75) is 0 Å². The van der Waals surface area contributed by atoms with E-state index in [4.69, 9.17) is 20.2 Å². The molecule has 0 bridgehead atoms. The van der Waals surface area contributed by atoms with E-state index in [1.807, 2.05) is 0 Å². The molecule has 1 aromatic carbocycles. The predicted molar refractivity (Wildman–Crippen MR) is 72.3 cm³/mol. The molecule has 0 aliphatic rings. The van der Waals surface area contributed by atoms with Gasteiger partial charge in [-0.3, -0.25) is 0 Å². The highest BCUT2D eigenvalue weighted by atomic mass is 79.9. The molecule has 0 atom stereocenters. The molecule has 1 N–H and O–H groups in total. The number of halogens is 3. The lowest BCUT2D eigenvalue weighted by molar-refractivity contribution is 0.206. The lowest BCUT2D eigenvalue weighted by atomic mass is 10.3. The van der Waals surface area contributed by atoms with E-state index in [9.17, 15) is 13.2 Å². The summed E-state index contributed by atoms with van der Waals surface area (Å²) in [4.78, 5) is 11.2. The molecular formula is C8H6Br2ClNO5S. The summed E-state index contributed by atoms with van der Waals surface area (Å²) in [5, 5.41) is 0. The maximum absolute atomic E-state index is 11.2. The molecule has 0 fully saturated rings. The highest BCUT2D eigenvalue weighted by molar-refractivity contribution is 9.11. The summed E-state index contributed by atoms with van der Waals surface area (Å²) in [5.74, 6) is 0.611. The minimum absolute atomic E-state index is 0.0977. The van der Waals surface area contributed by atoms with Crippen LogP contribution in [0.3, 0.4) is 0 Å². The van der Waals surface area contributed by atoms with Crippen molar-refractivity contribution in [2.24, 2.45) is 0 Å². The molecule has 18 heavy (non-hydrogen) atoms. The van der Waals surface area contributed by atoms with E-state index >= 15 is 0 Å². The first kappa shape index (κ1) is 15.5. The molecule has 0 unspecified atom stereocenters. The van der Waals surface area contributed by atoms with Gasteiger partial charge in [-0.15, -0.1) is 0 Å². The number of amides is 1. The van der Waals surface area contributed by atoms with Crippen LogP contribution in [0.25, 0.3) is 0 Å². The van der Waals surface area contributed by atoms with Gasteiger partial charge in [-0.1, -0.05) is 0 Å².